The van der Waals surface area contributed by atoms with Gasteiger partial charge in [-0.3, -0.25) is 10.1 Å². The molecule has 0 spiro atoms. The van der Waals surface area contributed by atoms with Crippen LogP contribution >= 0.6 is 0 Å². The summed E-state index contributed by atoms with van der Waals surface area (Å²) in [6, 6.07) is 7.46. The zero-order valence-electron chi connectivity index (χ0n) is 10.6. The van der Waals surface area contributed by atoms with Gasteiger partial charge in [0.2, 0.25) is 5.91 Å². The molecule has 0 unspecified atom stereocenters. The molecule has 0 bridgehead atoms. The number of aliphatic hydroxyl groups is 1. The maximum atomic E-state index is 12.0. The van der Waals surface area contributed by atoms with Crippen molar-refractivity contribution in [1.29, 1.82) is 0 Å². The summed E-state index contributed by atoms with van der Waals surface area (Å²) < 4.78 is 0. The molecule has 0 radical (unpaired) electrons. The molecule has 2 aliphatic rings. The second kappa shape index (κ2) is 3.80. The van der Waals surface area contributed by atoms with Crippen molar-refractivity contribution in [3.05, 3.63) is 35.4 Å². The molecule has 1 saturated heterocycles. The number of amides is 1. The summed E-state index contributed by atoms with van der Waals surface area (Å²) >= 11 is 0. The minimum absolute atomic E-state index is 0.0271. The third-order valence-corrected chi connectivity index (χ3v) is 3.92. The van der Waals surface area contributed by atoms with Crippen LogP contribution in [0.4, 0.5) is 0 Å². The Bertz CT molecular complexity index is 498. The Hall–Kier alpha value is -1.39. The fourth-order valence-electron chi connectivity index (χ4n) is 2.71. The molecule has 1 heterocycles. The van der Waals surface area contributed by atoms with Gasteiger partial charge in [0.05, 0.1) is 12.1 Å². The lowest BCUT2D eigenvalue weighted by molar-refractivity contribution is -0.122. The van der Waals surface area contributed by atoms with Gasteiger partial charge in [0.15, 0.2) is 0 Å². The molecule has 4 nitrogen and oxygen atoms in total. The number of carbonyl (C=O) groups is 1. The SMILES string of the molecule is CC1(C)N[C@@H]1C(=O)N[C@H]1c2ccccc2C[C@H]1O. The summed E-state index contributed by atoms with van der Waals surface area (Å²) in [5.41, 5.74) is 2.04. The summed E-state index contributed by atoms with van der Waals surface area (Å²) in [5, 5.41) is 16.1. The van der Waals surface area contributed by atoms with Crippen LogP contribution in [-0.2, 0) is 11.2 Å². The highest BCUT2D eigenvalue weighted by Gasteiger charge is 2.51. The van der Waals surface area contributed by atoms with E-state index >= 15 is 0 Å². The van der Waals surface area contributed by atoms with Crippen molar-refractivity contribution in [2.75, 3.05) is 0 Å². The van der Waals surface area contributed by atoms with Crippen molar-refractivity contribution in [3.63, 3.8) is 0 Å². The normalized spacial score (nSPS) is 31.8. The molecule has 96 valence electrons. The van der Waals surface area contributed by atoms with Crippen LogP contribution in [0.3, 0.4) is 0 Å². The first-order chi connectivity index (χ1) is 8.49. The van der Waals surface area contributed by atoms with Crippen molar-refractivity contribution in [2.24, 2.45) is 0 Å². The zero-order chi connectivity index (χ0) is 12.9. The molecule has 3 rings (SSSR count). The zero-order valence-corrected chi connectivity index (χ0v) is 10.6. The van der Waals surface area contributed by atoms with E-state index in [9.17, 15) is 9.90 Å². The third-order valence-electron chi connectivity index (χ3n) is 3.92. The topological polar surface area (TPSA) is 71.3 Å². The van der Waals surface area contributed by atoms with Gasteiger partial charge in [0.1, 0.15) is 6.04 Å². The molecule has 1 aromatic rings. The van der Waals surface area contributed by atoms with E-state index in [4.69, 9.17) is 0 Å². The van der Waals surface area contributed by atoms with E-state index in [1.165, 1.54) is 0 Å². The molecule has 1 aliphatic heterocycles. The maximum Gasteiger partial charge on any atom is 0.239 e. The third kappa shape index (κ3) is 1.82. The van der Waals surface area contributed by atoms with Crippen LogP contribution in [0.25, 0.3) is 0 Å². The molecule has 3 atom stereocenters. The first-order valence-electron chi connectivity index (χ1n) is 6.33. The Balaban J connectivity index is 1.76. The molecule has 1 aromatic carbocycles. The Morgan fingerprint density at radius 1 is 1.44 bits per heavy atom. The fourth-order valence-corrected chi connectivity index (χ4v) is 2.71. The van der Waals surface area contributed by atoms with Gasteiger partial charge in [-0.05, 0) is 25.0 Å². The molecule has 1 amide bonds. The number of nitrogens with one attached hydrogen (secondary N) is 2. The van der Waals surface area contributed by atoms with Gasteiger partial charge in [0, 0.05) is 12.0 Å². The van der Waals surface area contributed by atoms with Crippen LogP contribution in [0.1, 0.15) is 31.0 Å². The molecule has 0 aromatic heterocycles. The quantitative estimate of drug-likeness (QED) is 0.666. The van der Waals surface area contributed by atoms with Crippen LogP contribution in [-0.4, -0.2) is 28.7 Å². The lowest BCUT2D eigenvalue weighted by atomic mass is 10.1. The summed E-state index contributed by atoms with van der Waals surface area (Å²) in [5.74, 6) is -0.0271. The van der Waals surface area contributed by atoms with E-state index in [0.29, 0.717) is 6.42 Å². The van der Waals surface area contributed by atoms with Gasteiger partial charge >= 0.3 is 0 Å². The molecule has 18 heavy (non-hydrogen) atoms. The van der Waals surface area contributed by atoms with Gasteiger partial charge in [-0.25, -0.2) is 0 Å². The Labute approximate surface area is 106 Å². The Morgan fingerprint density at radius 3 is 2.78 bits per heavy atom. The van der Waals surface area contributed by atoms with E-state index in [1.807, 2.05) is 38.1 Å². The number of hydrogen-bond acceptors (Lipinski definition) is 3. The monoisotopic (exact) mass is 246 g/mol. The average molecular weight is 246 g/mol. The van der Waals surface area contributed by atoms with Gasteiger partial charge in [-0.15, -0.1) is 0 Å². The number of aliphatic hydroxyl groups excluding tert-OH is 1. The second-order valence-electron chi connectivity index (χ2n) is 5.76. The molecule has 4 heteroatoms. The van der Waals surface area contributed by atoms with Crippen molar-refractivity contribution >= 4 is 5.91 Å². The summed E-state index contributed by atoms with van der Waals surface area (Å²) in [6.45, 7) is 3.99. The Kier molecular flexibility index (Phi) is 2.47. The molecule has 3 N–H and O–H groups in total. The maximum absolute atomic E-state index is 12.0. The van der Waals surface area contributed by atoms with Crippen LogP contribution in [0.15, 0.2) is 24.3 Å². The van der Waals surface area contributed by atoms with E-state index in [0.717, 1.165) is 11.1 Å². The number of benzene rings is 1. The smallest absolute Gasteiger partial charge is 0.239 e. The highest BCUT2D eigenvalue weighted by atomic mass is 16.3. The van der Waals surface area contributed by atoms with Crippen molar-refractivity contribution in [1.82, 2.24) is 10.6 Å². The largest absolute Gasteiger partial charge is 0.390 e. The summed E-state index contributed by atoms with van der Waals surface area (Å²) in [6.07, 6.45) is 0.0935. The minimum Gasteiger partial charge on any atom is -0.390 e. The van der Waals surface area contributed by atoms with Gasteiger partial charge < -0.3 is 10.4 Å². The van der Waals surface area contributed by atoms with E-state index in [1.54, 1.807) is 0 Å². The number of hydrogen-bond donors (Lipinski definition) is 3. The van der Waals surface area contributed by atoms with Crippen LogP contribution in [0.5, 0.6) is 0 Å². The Morgan fingerprint density at radius 2 is 2.11 bits per heavy atom. The first-order valence-corrected chi connectivity index (χ1v) is 6.33. The van der Waals surface area contributed by atoms with Crippen LogP contribution in [0.2, 0.25) is 0 Å². The van der Waals surface area contributed by atoms with Gasteiger partial charge in [0.25, 0.3) is 0 Å². The van der Waals surface area contributed by atoms with Gasteiger partial charge in [-0.2, -0.15) is 0 Å². The number of carbonyl (C=O) groups excluding carboxylic acids is 1. The van der Waals surface area contributed by atoms with Crippen LogP contribution in [0, 0.1) is 0 Å². The summed E-state index contributed by atoms with van der Waals surface area (Å²) in [4.78, 5) is 12.0. The van der Waals surface area contributed by atoms with E-state index in [-0.39, 0.29) is 23.5 Å². The lowest BCUT2D eigenvalue weighted by Gasteiger charge is -2.18. The second-order valence-corrected chi connectivity index (χ2v) is 5.76. The standard InChI is InChI=1S/C14H18N2O2/c1-14(2)12(16-14)13(18)15-11-9-6-4-3-5-8(9)7-10(11)17/h3-6,10-12,16-17H,7H2,1-2H3,(H,15,18)/t10-,11+,12-/m1/s1. The number of fused-ring (bicyclic) bond motifs is 1. The fraction of sp³-hybridized carbons (Fsp3) is 0.500. The predicted molar refractivity (Wildman–Crippen MR) is 68.0 cm³/mol. The highest BCUT2D eigenvalue weighted by molar-refractivity contribution is 5.87. The van der Waals surface area contributed by atoms with Gasteiger partial charge in [-0.1, -0.05) is 24.3 Å². The molecular formula is C14H18N2O2. The first kappa shape index (κ1) is 11.7. The lowest BCUT2D eigenvalue weighted by Crippen LogP contribution is -2.38. The summed E-state index contributed by atoms with van der Waals surface area (Å²) in [7, 11) is 0. The number of rotatable bonds is 2. The van der Waals surface area contributed by atoms with Crippen LogP contribution < -0.4 is 10.6 Å². The van der Waals surface area contributed by atoms with Crippen molar-refractivity contribution < 1.29 is 9.90 Å². The average Bonchev–Trinajstić information content (AvgIpc) is 2.84. The molecule has 1 fully saturated rings. The predicted octanol–water partition coefficient (Wildman–Crippen LogP) is 0.511. The van der Waals surface area contributed by atoms with E-state index in [2.05, 4.69) is 10.6 Å². The molecule has 0 saturated carbocycles. The highest BCUT2D eigenvalue weighted by Crippen LogP contribution is 2.32. The van der Waals surface area contributed by atoms with Crippen molar-refractivity contribution in [2.45, 2.75) is 44.0 Å². The van der Waals surface area contributed by atoms with E-state index < -0.39 is 6.10 Å². The molecular weight excluding hydrogens is 228 g/mol. The molecule has 1 aliphatic carbocycles. The van der Waals surface area contributed by atoms with Crippen molar-refractivity contribution in [3.8, 4) is 0 Å². The minimum atomic E-state index is -0.520.